The van der Waals surface area contributed by atoms with E-state index in [0.717, 1.165) is 12.1 Å². The number of rotatable bonds is 5. The third-order valence-electron chi connectivity index (χ3n) is 2.55. The first-order valence-corrected chi connectivity index (χ1v) is 5.72. The van der Waals surface area contributed by atoms with E-state index in [1.807, 2.05) is 0 Å². The Kier molecular flexibility index (Phi) is 5.15. The van der Waals surface area contributed by atoms with E-state index in [1.54, 1.807) is 0 Å². The number of nitrogens with one attached hydrogen (secondary N) is 1. The average Bonchev–Trinajstić information content (AvgIpc) is 2.38. The third-order valence-corrected chi connectivity index (χ3v) is 2.55. The maximum absolute atomic E-state index is 12.9. The van der Waals surface area contributed by atoms with Gasteiger partial charge in [0.1, 0.15) is 5.75 Å². The van der Waals surface area contributed by atoms with Crippen LogP contribution in [0.3, 0.4) is 0 Å². The second-order valence-electron chi connectivity index (χ2n) is 4.03. The summed E-state index contributed by atoms with van der Waals surface area (Å²) in [6.45, 7) is 3.41. The van der Waals surface area contributed by atoms with E-state index in [1.165, 1.54) is 19.3 Å². The number of anilines is 1. The lowest BCUT2D eigenvalue weighted by Crippen LogP contribution is -2.35. The van der Waals surface area contributed by atoms with Gasteiger partial charge in [-0.2, -0.15) is 13.2 Å². The van der Waals surface area contributed by atoms with Crippen LogP contribution in [0.5, 0.6) is 5.75 Å². The molecule has 0 heterocycles. The summed E-state index contributed by atoms with van der Waals surface area (Å²) in [5.41, 5.74) is 4.15. The Balaban J connectivity index is 3.06. The maximum Gasteiger partial charge on any atom is 0.418 e. The maximum atomic E-state index is 12.9. The number of methoxy groups -OCH3 is 1. The van der Waals surface area contributed by atoms with Crippen LogP contribution in [-0.2, 0) is 11.0 Å². The van der Waals surface area contributed by atoms with Gasteiger partial charge >= 0.3 is 6.18 Å². The summed E-state index contributed by atoms with van der Waals surface area (Å²) in [7, 11) is 1.26. The van der Waals surface area contributed by atoms with Crippen LogP contribution < -0.4 is 15.8 Å². The molecule has 0 aromatic heterocycles. The molecule has 1 aromatic rings. The number of carbonyl (C=O) groups excluding carboxylic acids is 1. The van der Waals surface area contributed by atoms with Crippen molar-refractivity contribution >= 4 is 11.6 Å². The third kappa shape index (κ3) is 3.99. The first kappa shape index (κ1) is 16.0. The van der Waals surface area contributed by atoms with Crippen LogP contribution in [0, 0.1) is 0 Å². The number of halogens is 3. The predicted molar refractivity (Wildman–Crippen MR) is 69.4 cm³/mol. The molecule has 0 spiro atoms. The SMILES string of the molecule is C=CCC(N)C(=O)Nc1ccc(OC)cc1C(F)(F)F. The van der Waals surface area contributed by atoms with Crippen molar-refractivity contribution in [3.63, 3.8) is 0 Å². The van der Waals surface area contributed by atoms with Crippen LogP contribution in [0.4, 0.5) is 18.9 Å². The van der Waals surface area contributed by atoms with Gasteiger partial charge in [-0.1, -0.05) is 6.08 Å². The fourth-order valence-corrected chi connectivity index (χ4v) is 1.51. The molecule has 110 valence electrons. The first-order chi connectivity index (χ1) is 9.29. The number of hydrogen-bond acceptors (Lipinski definition) is 3. The smallest absolute Gasteiger partial charge is 0.418 e. The molecule has 0 aliphatic heterocycles. The van der Waals surface area contributed by atoms with Crippen molar-refractivity contribution in [2.75, 3.05) is 12.4 Å². The Morgan fingerprint density at radius 1 is 1.55 bits per heavy atom. The zero-order valence-corrected chi connectivity index (χ0v) is 10.8. The summed E-state index contributed by atoms with van der Waals surface area (Å²) in [4.78, 5) is 11.7. The molecule has 1 amide bonds. The van der Waals surface area contributed by atoms with Gasteiger partial charge < -0.3 is 15.8 Å². The number of ether oxygens (including phenoxy) is 1. The highest BCUT2D eigenvalue weighted by molar-refractivity contribution is 5.95. The van der Waals surface area contributed by atoms with E-state index >= 15 is 0 Å². The normalized spacial score (nSPS) is 12.7. The average molecular weight is 288 g/mol. The van der Waals surface area contributed by atoms with Gasteiger partial charge in [-0.3, -0.25) is 4.79 Å². The number of carbonyl (C=O) groups is 1. The zero-order chi connectivity index (χ0) is 15.3. The number of nitrogens with two attached hydrogens (primary N) is 1. The monoisotopic (exact) mass is 288 g/mol. The quantitative estimate of drug-likeness (QED) is 0.818. The summed E-state index contributed by atoms with van der Waals surface area (Å²) in [6.07, 6.45) is -3.02. The van der Waals surface area contributed by atoms with E-state index in [4.69, 9.17) is 10.5 Å². The van der Waals surface area contributed by atoms with Crippen LogP contribution in [0.2, 0.25) is 0 Å². The van der Waals surface area contributed by atoms with Gasteiger partial charge in [0.15, 0.2) is 0 Å². The Morgan fingerprint density at radius 3 is 2.70 bits per heavy atom. The number of hydrogen-bond donors (Lipinski definition) is 2. The van der Waals surface area contributed by atoms with E-state index in [2.05, 4.69) is 11.9 Å². The Labute approximate surface area is 114 Å². The van der Waals surface area contributed by atoms with Crippen LogP contribution >= 0.6 is 0 Å². The highest BCUT2D eigenvalue weighted by Gasteiger charge is 2.34. The zero-order valence-electron chi connectivity index (χ0n) is 10.8. The van der Waals surface area contributed by atoms with E-state index < -0.39 is 23.7 Å². The van der Waals surface area contributed by atoms with Crippen LogP contribution in [-0.4, -0.2) is 19.1 Å². The lowest BCUT2D eigenvalue weighted by Gasteiger charge is -2.16. The number of amides is 1. The minimum absolute atomic E-state index is 0.0470. The molecule has 0 saturated carbocycles. The minimum atomic E-state index is -4.61. The molecule has 0 saturated heterocycles. The molecule has 0 aliphatic rings. The number of alkyl halides is 3. The molecule has 1 rings (SSSR count). The molecule has 0 fully saturated rings. The first-order valence-electron chi connectivity index (χ1n) is 5.72. The molecule has 3 N–H and O–H groups in total. The lowest BCUT2D eigenvalue weighted by atomic mass is 10.1. The van der Waals surface area contributed by atoms with Gasteiger partial charge in [0.25, 0.3) is 0 Å². The van der Waals surface area contributed by atoms with E-state index in [-0.39, 0.29) is 17.9 Å². The van der Waals surface area contributed by atoms with Gasteiger partial charge in [0.05, 0.1) is 24.4 Å². The van der Waals surface area contributed by atoms with Crippen LogP contribution in [0.15, 0.2) is 30.9 Å². The summed E-state index contributed by atoms with van der Waals surface area (Å²) >= 11 is 0. The molecule has 1 atom stereocenters. The van der Waals surface area contributed by atoms with Gasteiger partial charge in [-0.05, 0) is 24.6 Å². The molecule has 0 aliphatic carbocycles. The van der Waals surface area contributed by atoms with Crippen LogP contribution in [0.25, 0.3) is 0 Å². The van der Waals surface area contributed by atoms with Gasteiger partial charge in [-0.25, -0.2) is 0 Å². The van der Waals surface area contributed by atoms with Crippen molar-refractivity contribution < 1.29 is 22.7 Å². The molecule has 7 heteroatoms. The Morgan fingerprint density at radius 2 is 2.20 bits per heavy atom. The molecular formula is C13H15F3N2O2. The van der Waals surface area contributed by atoms with Gasteiger partial charge in [0, 0.05) is 0 Å². The Bertz CT molecular complexity index is 501. The predicted octanol–water partition coefficient (Wildman–Crippen LogP) is 2.56. The highest BCUT2D eigenvalue weighted by Crippen LogP contribution is 2.37. The summed E-state index contributed by atoms with van der Waals surface area (Å²) in [6, 6.07) is 2.31. The van der Waals surface area contributed by atoms with Crippen molar-refractivity contribution in [3.05, 3.63) is 36.4 Å². The second kappa shape index (κ2) is 6.42. The number of benzene rings is 1. The molecule has 20 heavy (non-hydrogen) atoms. The lowest BCUT2D eigenvalue weighted by molar-refractivity contribution is -0.137. The van der Waals surface area contributed by atoms with Gasteiger partial charge in [-0.15, -0.1) is 6.58 Å². The molecular weight excluding hydrogens is 273 g/mol. The van der Waals surface area contributed by atoms with E-state index in [0.29, 0.717) is 0 Å². The molecule has 4 nitrogen and oxygen atoms in total. The van der Waals surface area contributed by atoms with Gasteiger partial charge in [0.2, 0.25) is 5.91 Å². The summed E-state index contributed by atoms with van der Waals surface area (Å²) in [5, 5.41) is 2.17. The molecule has 0 radical (unpaired) electrons. The van der Waals surface area contributed by atoms with Crippen molar-refractivity contribution in [1.82, 2.24) is 0 Å². The van der Waals surface area contributed by atoms with Crippen molar-refractivity contribution in [2.45, 2.75) is 18.6 Å². The summed E-state index contributed by atoms with van der Waals surface area (Å²) in [5.74, 6) is -0.661. The largest absolute Gasteiger partial charge is 0.497 e. The fraction of sp³-hybridized carbons (Fsp3) is 0.308. The Hall–Kier alpha value is -2.02. The molecule has 1 aromatic carbocycles. The molecule has 0 bridgehead atoms. The second-order valence-corrected chi connectivity index (χ2v) is 4.03. The van der Waals surface area contributed by atoms with Crippen LogP contribution in [0.1, 0.15) is 12.0 Å². The van der Waals surface area contributed by atoms with Crippen molar-refractivity contribution in [3.8, 4) is 5.75 Å². The minimum Gasteiger partial charge on any atom is -0.497 e. The standard InChI is InChI=1S/C13H15F3N2O2/c1-3-4-10(17)12(19)18-11-6-5-8(20-2)7-9(11)13(14,15)16/h3,5-7,10H,1,4,17H2,2H3,(H,18,19). The van der Waals surface area contributed by atoms with Crippen molar-refractivity contribution in [1.29, 1.82) is 0 Å². The summed E-state index contributed by atoms with van der Waals surface area (Å²) < 4.78 is 43.5. The topological polar surface area (TPSA) is 64.4 Å². The van der Waals surface area contributed by atoms with Crippen molar-refractivity contribution in [2.24, 2.45) is 5.73 Å². The highest BCUT2D eigenvalue weighted by atomic mass is 19.4. The fourth-order valence-electron chi connectivity index (χ4n) is 1.51. The molecule has 1 unspecified atom stereocenters. The van der Waals surface area contributed by atoms with E-state index in [9.17, 15) is 18.0 Å².